The fourth-order valence-corrected chi connectivity index (χ4v) is 2.96. The van der Waals surface area contributed by atoms with Gasteiger partial charge in [0.1, 0.15) is 18.1 Å². The summed E-state index contributed by atoms with van der Waals surface area (Å²) in [5.41, 5.74) is 1.44. The third-order valence-electron chi connectivity index (χ3n) is 3.59. The van der Waals surface area contributed by atoms with Crippen molar-refractivity contribution in [2.24, 2.45) is 0 Å². The van der Waals surface area contributed by atoms with Crippen LogP contribution in [0, 0.1) is 6.92 Å². The Morgan fingerprint density at radius 1 is 1.07 bits per heavy atom. The Hall–Kier alpha value is -3.33. The van der Waals surface area contributed by atoms with Gasteiger partial charge >= 0.3 is 0 Å². The highest BCUT2D eigenvalue weighted by Crippen LogP contribution is 2.19. The van der Waals surface area contributed by atoms with Crippen LogP contribution >= 0.6 is 11.8 Å². The van der Waals surface area contributed by atoms with Crippen molar-refractivity contribution in [3.05, 3.63) is 66.2 Å². The van der Waals surface area contributed by atoms with E-state index in [4.69, 9.17) is 9.26 Å². The lowest BCUT2D eigenvalue weighted by Gasteiger charge is -2.09. The molecule has 0 spiro atoms. The second-order valence-corrected chi connectivity index (χ2v) is 7.04. The summed E-state index contributed by atoms with van der Waals surface area (Å²) in [6.07, 6.45) is 1.71. The number of nitrogens with zero attached hydrogens (tertiary/aromatic N) is 2. The lowest BCUT2D eigenvalue weighted by Crippen LogP contribution is -2.18. The van der Waals surface area contributed by atoms with Gasteiger partial charge in [0.2, 0.25) is 11.8 Å². The SMILES string of the molecule is Cc1cc(NC(=O)CSCC(=O)Nc2cccc(OCc3ccccn3)c2)no1. The number of hydrogen-bond donors (Lipinski definition) is 2. The fourth-order valence-electron chi connectivity index (χ4n) is 2.34. The zero-order valence-electron chi connectivity index (χ0n) is 15.8. The van der Waals surface area contributed by atoms with E-state index in [1.807, 2.05) is 24.3 Å². The van der Waals surface area contributed by atoms with Crippen LogP contribution in [-0.4, -0.2) is 33.5 Å². The topological polar surface area (TPSA) is 106 Å². The molecule has 1 aromatic carbocycles. The molecular weight excluding hydrogens is 392 g/mol. The summed E-state index contributed by atoms with van der Waals surface area (Å²) < 4.78 is 10.6. The van der Waals surface area contributed by atoms with Crippen molar-refractivity contribution in [2.45, 2.75) is 13.5 Å². The quantitative estimate of drug-likeness (QED) is 0.555. The molecule has 0 fully saturated rings. The number of carbonyl (C=O) groups is 2. The van der Waals surface area contributed by atoms with Gasteiger partial charge in [-0.2, -0.15) is 0 Å². The number of carbonyl (C=O) groups excluding carboxylic acids is 2. The number of thioether (sulfide) groups is 1. The standard InChI is InChI=1S/C20H20N4O4S/c1-14-9-18(24-28-14)23-20(26)13-29-12-19(25)22-15-6-4-7-17(10-15)27-11-16-5-2-3-8-21-16/h2-10H,11-13H2,1H3,(H,22,25)(H,23,24,26). The van der Waals surface area contributed by atoms with Crippen LogP contribution in [0.1, 0.15) is 11.5 Å². The molecule has 0 saturated carbocycles. The maximum Gasteiger partial charge on any atom is 0.235 e. The van der Waals surface area contributed by atoms with Crippen LogP contribution in [0.25, 0.3) is 0 Å². The zero-order chi connectivity index (χ0) is 20.5. The third kappa shape index (κ3) is 6.96. The van der Waals surface area contributed by atoms with Crippen LogP contribution in [0.3, 0.4) is 0 Å². The number of nitrogens with one attached hydrogen (secondary N) is 2. The van der Waals surface area contributed by atoms with Crippen LogP contribution in [0.4, 0.5) is 11.5 Å². The van der Waals surface area contributed by atoms with Gasteiger partial charge in [0, 0.05) is 24.0 Å². The molecule has 2 amide bonds. The van der Waals surface area contributed by atoms with Gasteiger partial charge in [0.05, 0.1) is 17.2 Å². The Balaban J connectivity index is 1.40. The molecular formula is C20H20N4O4S. The molecule has 3 aromatic rings. The molecule has 0 bridgehead atoms. The molecule has 0 aliphatic heterocycles. The summed E-state index contributed by atoms with van der Waals surface area (Å²) in [4.78, 5) is 28.1. The average Bonchev–Trinajstić information content (AvgIpc) is 3.12. The van der Waals surface area contributed by atoms with Gasteiger partial charge in [-0.1, -0.05) is 17.3 Å². The van der Waals surface area contributed by atoms with E-state index in [0.29, 0.717) is 29.6 Å². The molecule has 0 saturated heterocycles. The van der Waals surface area contributed by atoms with Crippen molar-refractivity contribution < 1.29 is 18.8 Å². The largest absolute Gasteiger partial charge is 0.487 e. The van der Waals surface area contributed by atoms with E-state index in [1.165, 1.54) is 11.8 Å². The molecule has 3 rings (SSSR count). The maximum atomic E-state index is 12.1. The van der Waals surface area contributed by atoms with Crippen LogP contribution in [0.15, 0.2) is 59.3 Å². The molecule has 150 valence electrons. The van der Waals surface area contributed by atoms with Gasteiger partial charge < -0.3 is 19.9 Å². The summed E-state index contributed by atoms with van der Waals surface area (Å²) in [5, 5.41) is 9.08. The number of benzene rings is 1. The molecule has 0 radical (unpaired) electrons. The predicted octanol–water partition coefficient (Wildman–Crippen LogP) is 3.27. The molecule has 0 unspecified atom stereocenters. The second kappa shape index (κ2) is 10.3. The number of pyridine rings is 1. The fraction of sp³-hybridized carbons (Fsp3) is 0.200. The number of hydrogen-bond acceptors (Lipinski definition) is 7. The van der Waals surface area contributed by atoms with Gasteiger partial charge in [-0.3, -0.25) is 14.6 Å². The highest BCUT2D eigenvalue weighted by atomic mass is 32.2. The maximum absolute atomic E-state index is 12.1. The Bertz CT molecular complexity index is 962. The van der Waals surface area contributed by atoms with Crippen LogP contribution < -0.4 is 15.4 Å². The Kier molecular flexibility index (Phi) is 7.23. The van der Waals surface area contributed by atoms with Gasteiger partial charge in [-0.05, 0) is 31.2 Å². The number of amides is 2. The number of anilines is 2. The normalized spacial score (nSPS) is 10.4. The molecule has 0 aliphatic rings. The van der Waals surface area contributed by atoms with Crippen molar-refractivity contribution >= 4 is 35.1 Å². The molecule has 0 aliphatic carbocycles. The van der Waals surface area contributed by atoms with E-state index < -0.39 is 0 Å². The summed E-state index contributed by atoms with van der Waals surface area (Å²) in [5.74, 6) is 1.42. The Labute approximate surface area is 172 Å². The van der Waals surface area contributed by atoms with Gasteiger partial charge in [0.15, 0.2) is 5.82 Å². The lowest BCUT2D eigenvalue weighted by atomic mass is 10.3. The van der Waals surface area contributed by atoms with Crippen molar-refractivity contribution in [1.82, 2.24) is 10.1 Å². The van der Waals surface area contributed by atoms with Crippen LogP contribution in [0.5, 0.6) is 5.75 Å². The number of ether oxygens (including phenoxy) is 1. The van der Waals surface area contributed by atoms with Crippen LogP contribution in [0.2, 0.25) is 0 Å². The zero-order valence-corrected chi connectivity index (χ0v) is 16.6. The molecule has 9 heteroatoms. The third-order valence-corrected chi connectivity index (χ3v) is 4.53. The number of aromatic nitrogens is 2. The smallest absolute Gasteiger partial charge is 0.235 e. The minimum atomic E-state index is -0.249. The first-order chi connectivity index (χ1) is 14.1. The predicted molar refractivity (Wildman–Crippen MR) is 111 cm³/mol. The molecule has 8 nitrogen and oxygen atoms in total. The van der Waals surface area contributed by atoms with E-state index in [0.717, 1.165) is 5.69 Å². The first-order valence-corrected chi connectivity index (χ1v) is 9.97. The first kappa shape index (κ1) is 20.4. The van der Waals surface area contributed by atoms with E-state index in [-0.39, 0.29) is 23.3 Å². The first-order valence-electron chi connectivity index (χ1n) is 8.82. The Morgan fingerprint density at radius 3 is 2.62 bits per heavy atom. The second-order valence-electron chi connectivity index (χ2n) is 6.05. The van der Waals surface area contributed by atoms with E-state index in [1.54, 1.807) is 37.4 Å². The number of rotatable bonds is 9. The Morgan fingerprint density at radius 2 is 1.90 bits per heavy atom. The minimum Gasteiger partial charge on any atom is -0.487 e. The van der Waals surface area contributed by atoms with Crippen molar-refractivity contribution in [1.29, 1.82) is 0 Å². The summed E-state index contributed by atoms with van der Waals surface area (Å²) >= 11 is 1.20. The summed E-state index contributed by atoms with van der Waals surface area (Å²) in [6.45, 7) is 2.08. The van der Waals surface area contributed by atoms with E-state index >= 15 is 0 Å². The molecule has 0 atom stereocenters. The number of aryl methyl sites for hydroxylation is 1. The summed E-state index contributed by atoms with van der Waals surface area (Å²) in [7, 11) is 0. The molecule has 29 heavy (non-hydrogen) atoms. The van der Waals surface area contributed by atoms with Crippen molar-refractivity contribution in [2.75, 3.05) is 22.1 Å². The average molecular weight is 412 g/mol. The van der Waals surface area contributed by atoms with Gasteiger partial charge in [-0.25, -0.2) is 0 Å². The molecule has 2 aromatic heterocycles. The van der Waals surface area contributed by atoms with Crippen molar-refractivity contribution in [3.8, 4) is 5.75 Å². The van der Waals surface area contributed by atoms with Gasteiger partial charge in [-0.15, -0.1) is 11.8 Å². The monoisotopic (exact) mass is 412 g/mol. The summed E-state index contributed by atoms with van der Waals surface area (Å²) in [6, 6.07) is 14.4. The van der Waals surface area contributed by atoms with Crippen LogP contribution in [-0.2, 0) is 16.2 Å². The van der Waals surface area contributed by atoms with Crippen molar-refractivity contribution in [3.63, 3.8) is 0 Å². The molecule has 2 heterocycles. The van der Waals surface area contributed by atoms with E-state index in [2.05, 4.69) is 20.8 Å². The van der Waals surface area contributed by atoms with E-state index in [9.17, 15) is 9.59 Å². The lowest BCUT2D eigenvalue weighted by molar-refractivity contribution is -0.114. The van der Waals surface area contributed by atoms with Gasteiger partial charge in [0.25, 0.3) is 0 Å². The highest BCUT2D eigenvalue weighted by Gasteiger charge is 2.09. The molecule has 2 N–H and O–H groups in total. The highest BCUT2D eigenvalue weighted by molar-refractivity contribution is 8.00. The minimum absolute atomic E-state index is 0.132.